The average molecular weight is 396 g/mol. The smallest absolute Gasteiger partial charge is 0.226 e. The van der Waals surface area contributed by atoms with E-state index in [-0.39, 0.29) is 6.61 Å². The predicted octanol–water partition coefficient (Wildman–Crippen LogP) is 2.28. The number of piperidine rings is 1. The number of nitrogens with one attached hydrogen (secondary N) is 1. The third-order valence-corrected chi connectivity index (χ3v) is 5.62. The van der Waals surface area contributed by atoms with E-state index in [0.717, 1.165) is 53.9 Å². The van der Waals surface area contributed by atoms with Gasteiger partial charge in [-0.05, 0) is 43.7 Å². The molecule has 0 bridgehead atoms. The summed E-state index contributed by atoms with van der Waals surface area (Å²) >= 11 is 0. The lowest BCUT2D eigenvalue weighted by molar-refractivity contribution is -0.605. The molecule has 0 aromatic carbocycles. The minimum absolute atomic E-state index is 0.185. The highest BCUT2D eigenvalue weighted by atomic mass is 16.5. The van der Waals surface area contributed by atoms with Crippen LogP contribution in [-0.4, -0.2) is 38.9 Å². The van der Waals surface area contributed by atoms with Crippen molar-refractivity contribution in [2.24, 2.45) is 0 Å². The van der Waals surface area contributed by atoms with Crippen LogP contribution in [0.25, 0.3) is 5.52 Å². The number of nitrogens with zero attached hydrogens (tertiary/aromatic N) is 5. The standard InChI is InChI=1S/C21H28N6O2/c1-2-17-14-23-27-19(17)12-20(26-10-4-3-7-18(26)8-11-28)24-21(27)22-13-16-6-5-9-25(29)15-16/h5-6,9,12,14-15,18,28H,2-4,7-8,10-11,13H2,1H3,(H,22,24)/t18-/m0/s1. The fourth-order valence-electron chi connectivity index (χ4n) is 4.10. The number of aliphatic hydroxyl groups excluding tert-OH is 1. The van der Waals surface area contributed by atoms with E-state index in [2.05, 4.69) is 28.3 Å². The Morgan fingerprint density at radius 2 is 2.28 bits per heavy atom. The van der Waals surface area contributed by atoms with E-state index in [1.165, 1.54) is 18.2 Å². The SMILES string of the molecule is CCc1cnn2c(NCc3ccc[n+]([O-])c3)nc(N3CCCC[C@H]3CCO)cc12. The van der Waals surface area contributed by atoms with Crippen LogP contribution in [0.1, 0.15) is 43.7 Å². The van der Waals surface area contributed by atoms with Crippen LogP contribution in [0.15, 0.2) is 36.8 Å². The first-order chi connectivity index (χ1) is 14.2. The van der Waals surface area contributed by atoms with Crippen molar-refractivity contribution in [1.82, 2.24) is 14.6 Å². The second-order valence-corrected chi connectivity index (χ2v) is 7.54. The van der Waals surface area contributed by atoms with Crippen LogP contribution < -0.4 is 14.9 Å². The van der Waals surface area contributed by atoms with Crippen LogP contribution in [0.5, 0.6) is 0 Å². The van der Waals surface area contributed by atoms with Gasteiger partial charge in [-0.1, -0.05) is 6.92 Å². The van der Waals surface area contributed by atoms with Crippen molar-refractivity contribution in [2.75, 3.05) is 23.4 Å². The van der Waals surface area contributed by atoms with Crippen molar-refractivity contribution < 1.29 is 9.84 Å². The van der Waals surface area contributed by atoms with Gasteiger partial charge in [-0.3, -0.25) is 0 Å². The summed E-state index contributed by atoms with van der Waals surface area (Å²) in [6, 6.07) is 6.06. The maximum Gasteiger partial charge on any atom is 0.226 e. The normalized spacial score (nSPS) is 17.0. The zero-order valence-electron chi connectivity index (χ0n) is 16.8. The fraction of sp³-hybridized carbons (Fsp3) is 0.476. The zero-order chi connectivity index (χ0) is 20.2. The second-order valence-electron chi connectivity index (χ2n) is 7.54. The Morgan fingerprint density at radius 1 is 1.38 bits per heavy atom. The number of hydrogen-bond donors (Lipinski definition) is 2. The maximum atomic E-state index is 11.5. The van der Waals surface area contributed by atoms with Gasteiger partial charge in [0.05, 0.1) is 11.7 Å². The van der Waals surface area contributed by atoms with Crippen molar-refractivity contribution in [2.45, 2.75) is 51.6 Å². The van der Waals surface area contributed by atoms with E-state index in [9.17, 15) is 10.3 Å². The zero-order valence-corrected chi connectivity index (χ0v) is 16.8. The van der Waals surface area contributed by atoms with E-state index in [1.807, 2.05) is 16.8 Å². The van der Waals surface area contributed by atoms with E-state index in [4.69, 9.17) is 4.98 Å². The van der Waals surface area contributed by atoms with E-state index in [0.29, 0.717) is 18.5 Å². The molecule has 1 aliphatic rings. The minimum Gasteiger partial charge on any atom is -0.619 e. The summed E-state index contributed by atoms with van der Waals surface area (Å²) in [4.78, 5) is 7.22. The highest BCUT2D eigenvalue weighted by Crippen LogP contribution is 2.28. The summed E-state index contributed by atoms with van der Waals surface area (Å²) in [5.41, 5.74) is 3.09. The first kappa shape index (κ1) is 19.4. The molecular formula is C21H28N6O2. The van der Waals surface area contributed by atoms with Gasteiger partial charge in [0, 0.05) is 43.4 Å². The number of aryl methyl sites for hydroxylation is 1. The number of aromatic nitrogens is 4. The molecule has 1 atom stereocenters. The van der Waals surface area contributed by atoms with Crippen LogP contribution in [0, 0.1) is 5.21 Å². The first-order valence-electron chi connectivity index (χ1n) is 10.4. The van der Waals surface area contributed by atoms with Gasteiger partial charge >= 0.3 is 0 Å². The number of aliphatic hydroxyl groups is 1. The first-order valence-corrected chi connectivity index (χ1v) is 10.4. The molecule has 2 N–H and O–H groups in total. The van der Waals surface area contributed by atoms with E-state index >= 15 is 0 Å². The highest BCUT2D eigenvalue weighted by Gasteiger charge is 2.24. The molecule has 1 fully saturated rings. The molecule has 3 aromatic rings. The minimum atomic E-state index is 0.185. The summed E-state index contributed by atoms with van der Waals surface area (Å²) in [7, 11) is 0. The van der Waals surface area contributed by atoms with E-state index in [1.54, 1.807) is 12.3 Å². The van der Waals surface area contributed by atoms with Gasteiger partial charge < -0.3 is 20.5 Å². The molecular weight excluding hydrogens is 368 g/mol. The van der Waals surface area contributed by atoms with Gasteiger partial charge in [0.2, 0.25) is 5.95 Å². The van der Waals surface area contributed by atoms with Gasteiger partial charge in [0.1, 0.15) is 5.82 Å². The summed E-state index contributed by atoms with van der Waals surface area (Å²) < 4.78 is 2.63. The summed E-state index contributed by atoms with van der Waals surface area (Å²) in [5, 5.41) is 28.9. The summed E-state index contributed by atoms with van der Waals surface area (Å²) in [6.07, 6.45) is 9.95. The summed E-state index contributed by atoms with van der Waals surface area (Å²) in [5.74, 6) is 1.58. The summed E-state index contributed by atoms with van der Waals surface area (Å²) in [6.45, 7) is 3.73. The van der Waals surface area contributed by atoms with Crippen LogP contribution in [0.2, 0.25) is 0 Å². The van der Waals surface area contributed by atoms with Crippen molar-refractivity contribution in [3.63, 3.8) is 0 Å². The lowest BCUT2D eigenvalue weighted by atomic mass is 9.99. The van der Waals surface area contributed by atoms with Crippen molar-refractivity contribution >= 4 is 17.3 Å². The molecule has 0 radical (unpaired) electrons. The van der Waals surface area contributed by atoms with Crippen LogP contribution in [0.4, 0.5) is 11.8 Å². The van der Waals surface area contributed by atoms with Gasteiger partial charge in [-0.15, -0.1) is 0 Å². The Labute approximate surface area is 170 Å². The molecule has 0 unspecified atom stereocenters. The van der Waals surface area contributed by atoms with E-state index < -0.39 is 0 Å². The monoisotopic (exact) mass is 396 g/mol. The molecule has 0 saturated carbocycles. The maximum absolute atomic E-state index is 11.5. The van der Waals surface area contributed by atoms with Crippen LogP contribution in [-0.2, 0) is 13.0 Å². The largest absolute Gasteiger partial charge is 0.619 e. The third-order valence-electron chi connectivity index (χ3n) is 5.62. The molecule has 8 heteroatoms. The average Bonchev–Trinajstić information content (AvgIpc) is 3.16. The molecule has 3 aromatic heterocycles. The number of pyridine rings is 1. The highest BCUT2D eigenvalue weighted by molar-refractivity contribution is 5.64. The quantitative estimate of drug-likeness (QED) is 0.470. The predicted molar refractivity (Wildman–Crippen MR) is 112 cm³/mol. The van der Waals surface area contributed by atoms with Crippen molar-refractivity contribution in [1.29, 1.82) is 0 Å². The second kappa shape index (κ2) is 8.65. The molecule has 4 heterocycles. The Bertz CT molecular complexity index is 971. The van der Waals surface area contributed by atoms with Crippen LogP contribution >= 0.6 is 0 Å². The van der Waals surface area contributed by atoms with Crippen LogP contribution in [0.3, 0.4) is 0 Å². The van der Waals surface area contributed by atoms with Crippen molar-refractivity contribution in [3.8, 4) is 0 Å². The van der Waals surface area contributed by atoms with Gasteiger partial charge in [-0.25, -0.2) is 4.52 Å². The molecule has 0 spiro atoms. The lowest BCUT2D eigenvalue weighted by Crippen LogP contribution is -2.40. The molecule has 8 nitrogen and oxygen atoms in total. The molecule has 1 saturated heterocycles. The van der Waals surface area contributed by atoms with Gasteiger partial charge in [-0.2, -0.15) is 14.8 Å². The van der Waals surface area contributed by atoms with Gasteiger partial charge in [0.25, 0.3) is 0 Å². The Kier molecular flexibility index (Phi) is 5.80. The molecule has 29 heavy (non-hydrogen) atoms. The molecule has 0 amide bonds. The van der Waals surface area contributed by atoms with Crippen molar-refractivity contribution in [3.05, 3.63) is 53.1 Å². The molecule has 1 aliphatic heterocycles. The van der Waals surface area contributed by atoms with Gasteiger partial charge in [0.15, 0.2) is 12.4 Å². The number of anilines is 2. The number of rotatable bonds is 7. The Morgan fingerprint density at radius 3 is 3.07 bits per heavy atom. The lowest BCUT2D eigenvalue weighted by Gasteiger charge is -2.36. The Hall–Kier alpha value is -2.87. The molecule has 4 rings (SSSR count). The Balaban J connectivity index is 1.69. The molecule has 0 aliphatic carbocycles. The number of hydrogen-bond acceptors (Lipinski definition) is 6. The fourth-order valence-corrected chi connectivity index (χ4v) is 4.10. The molecule has 154 valence electrons. The third kappa shape index (κ3) is 4.12. The number of fused-ring (bicyclic) bond motifs is 1. The topological polar surface area (TPSA) is 92.6 Å².